The number of aromatic nitrogens is 4. The number of halogens is 1. The molecule has 1 atom stereocenters. The zero-order valence-corrected chi connectivity index (χ0v) is 25.6. The number of aliphatic hydroxyl groups is 1. The molecule has 1 amide bonds. The average Bonchev–Trinajstić information content (AvgIpc) is 3.72. The number of carbonyl (C=O) groups is 1. The topological polar surface area (TPSA) is 130 Å². The largest absolute Gasteiger partial charge is 0.444 e. The first-order valence-electron chi connectivity index (χ1n) is 15.1. The van der Waals surface area contributed by atoms with E-state index in [4.69, 9.17) is 19.2 Å². The van der Waals surface area contributed by atoms with Crippen LogP contribution in [0.1, 0.15) is 39.3 Å². The molecule has 45 heavy (non-hydrogen) atoms. The van der Waals surface area contributed by atoms with Crippen molar-refractivity contribution in [3.05, 3.63) is 66.4 Å². The van der Waals surface area contributed by atoms with Gasteiger partial charge in [0.25, 0.3) is 0 Å². The first-order chi connectivity index (χ1) is 21.6. The Morgan fingerprint density at radius 2 is 1.98 bits per heavy atom. The third-order valence-corrected chi connectivity index (χ3v) is 7.64. The number of pyridine rings is 2. The van der Waals surface area contributed by atoms with E-state index in [2.05, 4.69) is 20.3 Å². The van der Waals surface area contributed by atoms with Crippen molar-refractivity contribution in [1.82, 2.24) is 24.6 Å². The van der Waals surface area contributed by atoms with Crippen molar-refractivity contribution in [3.8, 4) is 5.69 Å². The van der Waals surface area contributed by atoms with E-state index in [1.165, 1.54) is 10.7 Å². The van der Waals surface area contributed by atoms with Crippen LogP contribution >= 0.6 is 0 Å². The monoisotopic (exact) mass is 619 g/mol. The van der Waals surface area contributed by atoms with E-state index in [1.807, 2.05) is 32.9 Å². The molecule has 0 bridgehead atoms. The van der Waals surface area contributed by atoms with Gasteiger partial charge >= 0.3 is 6.09 Å². The number of hydrogen-bond donors (Lipinski definition) is 2. The van der Waals surface area contributed by atoms with Gasteiger partial charge in [-0.1, -0.05) is 0 Å². The smallest absolute Gasteiger partial charge is 0.410 e. The number of likely N-dealkylation sites (tertiary alicyclic amines) is 1. The first-order valence-corrected chi connectivity index (χ1v) is 15.1. The minimum absolute atomic E-state index is 0.142. The van der Waals surface area contributed by atoms with E-state index in [0.717, 1.165) is 24.0 Å². The van der Waals surface area contributed by atoms with Crippen molar-refractivity contribution >= 4 is 34.3 Å². The number of piperidine rings is 1. The zero-order valence-electron chi connectivity index (χ0n) is 25.6. The van der Waals surface area contributed by atoms with E-state index in [0.29, 0.717) is 55.6 Å². The summed E-state index contributed by atoms with van der Waals surface area (Å²) >= 11 is 0. The molecule has 1 aromatic carbocycles. The second-order valence-corrected chi connectivity index (χ2v) is 12.2. The van der Waals surface area contributed by atoms with Crippen molar-refractivity contribution in [2.45, 2.75) is 58.2 Å². The minimum atomic E-state index is -0.541. The molecule has 0 spiro atoms. The van der Waals surface area contributed by atoms with Gasteiger partial charge in [-0.2, -0.15) is 5.10 Å². The molecular weight excluding hydrogens is 581 g/mol. The van der Waals surface area contributed by atoms with Crippen molar-refractivity contribution in [1.29, 1.82) is 0 Å². The number of benzene rings is 1. The third kappa shape index (κ3) is 7.67. The summed E-state index contributed by atoms with van der Waals surface area (Å²) < 4.78 is 33.2. The van der Waals surface area contributed by atoms with Crippen LogP contribution in [0.5, 0.6) is 0 Å². The number of amides is 1. The highest BCUT2D eigenvalue weighted by Crippen LogP contribution is 2.28. The number of aliphatic hydroxyl groups excluding tert-OH is 1. The lowest BCUT2D eigenvalue weighted by Crippen LogP contribution is -2.49. The third-order valence-electron chi connectivity index (χ3n) is 7.64. The summed E-state index contributed by atoms with van der Waals surface area (Å²) in [5.74, 6) is 0.764. The molecule has 0 radical (unpaired) electrons. The van der Waals surface area contributed by atoms with Gasteiger partial charge in [0.1, 0.15) is 29.7 Å². The molecule has 0 saturated carbocycles. The van der Waals surface area contributed by atoms with Crippen LogP contribution in [-0.4, -0.2) is 86.6 Å². The number of fused-ring (bicyclic) bond motifs is 1. The van der Waals surface area contributed by atoms with Gasteiger partial charge in [0, 0.05) is 55.6 Å². The Morgan fingerprint density at radius 1 is 1.18 bits per heavy atom. The number of anilines is 3. The molecule has 6 rings (SSSR count). The second kappa shape index (κ2) is 13.0. The van der Waals surface area contributed by atoms with E-state index < -0.39 is 11.4 Å². The molecule has 4 aromatic rings. The molecule has 2 aliphatic rings. The maximum Gasteiger partial charge on any atom is 0.410 e. The lowest BCUT2D eigenvalue weighted by Gasteiger charge is -2.39. The lowest BCUT2D eigenvalue weighted by molar-refractivity contribution is 0.0199. The van der Waals surface area contributed by atoms with Crippen LogP contribution in [0.25, 0.3) is 16.6 Å². The second-order valence-electron chi connectivity index (χ2n) is 12.2. The number of nitrogens with one attached hydrogen (secondary N) is 1. The predicted molar refractivity (Wildman–Crippen MR) is 166 cm³/mol. The average molecular weight is 620 g/mol. The van der Waals surface area contributed by atoms with Crippen LogP contribution in [0.2, 0.25) is 0 Å². The fraction of sp³-hybridized carbons (Fsp3) is 0.438. The Bertz CT molecular complexity index is 1650. The van der Waals surface area contributed by atoms with Crippen molar-refractivity contribution in [2.24, 2.45) is 0 Å². The quantitative estimate of drug-likeness (QED) is 0.240. The van der Waals surface area contributed by atoms with E-state index in [-0.39, 0.29) is 30.7 Å². The first kappa shape index (κ1) is 30.7. The van der Waals surface area contributed by atoms with Crippen LogP contribution < -0.4 is 10.2 Å². The van der Waals surface area contributed by atoms with Crippen molar-refractivity contribution in [3.63, 3.8) is 0 Å². The summed E-state index contributed by atoms with van der Waals surface area (Å²) in [4.78, 5) is 26.1. The summed E-state index contributed by atoms with van der Waals surface area (Å²) in [7, 11) is 0. The molecule has 1 unspecified atom stereocenters. The number of hydrogen-bond acceptors (Lipinski definition) is 10. The number of ether oxygens (including phenoxy) is 3. The SMILES string of the molecule is CC(C)(C)OC(=O)N1CCC(N(CCOC2CO2)c2ccc3cnc(Nc4ccc(-n5ccc(CO)n5)cc4F)cc3n2)CC1. The molecule has 2 aliphatic heterocycles. The maximum atomic E-state index is 15.1. The van der Waals surface area contributed by atoms with Crippen LogP contribution in [-0.2, 0) is 20.8 Å². The van der Waals surface area contributed by atoms with Crippen LogP contribution in [0.15, 0.2) is 54.9 Å². The summed E-state index contributed by atoms with van der Waals surface area (Å²) in [6.07, 6.45) is 4.46. The Hall–Kier alpha value is -4.33. The number of carbonyl (C=O) groups excluding carboxylic acids is 1. The fourth-order valence-corrected chi connectivity index (χ4v) is 5.30. The van der Waals surface area contributed by atoms with Gasteiger partial charge in [-0.25, -0.2) is 23.8 Å². The van der Waals surface area contributed by atoms with Crippen LogP contribution in [0, 0.1) is 5.82 Å². The highest BCUT2D eigenvalue weighted by atomic mass is 19.1. The molecule has 3 aromatic heterocycles. The highest BCUT2D eigenvalue weighted by molar-refractivity contribution is 5.82. The van der Waals surface area contributed by atoms with Crippen molar-refractivity contribution in [2.75, 3.05) is 43.1 Å². The van der Waals surface area contributed by atoms with Gasteiger partial charge in [-0.3, -0.25) is 0 Å². The van der Waals surface area contributed by atoms with Crippen molar-refractivity contribution < 1.29 is 28.5 Å². The summed E-state index contributed by atoms with van der Waals surface area (Å²) in [6, 6.07) is 12.3. The Kier molecular flexibility index (Phi) is 8.83. The molecular formula is C32H38FN7O5. The molecule has 12 nitrogen and oxygen atoms in total. The van der Waals surface area contributed by atoms with Gasteiger partial charge in [-0.15, -0.1) is 0 Å². The standard InChI is InChI=1S/C32H38FN7O5/c1-32(2,3)45-31(42)38-11-9-23(10-12-38)39(14-15-43-30-20-44-30)29-7-4-21-18-34-28(17-27(21)36-29)35-26-6-5-24(16-25(26)33)40-13-8-22(19-41)37-40/h4-8,13,16-18,23,30,41H,9-12,14-15,19-20H2,1-3H3,(H,34,35). The summed E-state index contributed by atoms with van der Waals surface area (Å²) in [5.41, 5.74) is 1.45. The summed E-state index contributed by atoms with van der Waals surface area (Å²) in [5, 5.41) is 17.4. The number of epoxide rings is 1. The van der Waals surface area contributed by atoms with Gasteiger partial charge in [0.15, 0.2) is 6.29 Å². The van der Waals surface area contributed by atoms with Gasteiger partial charge in [0.05, 0.1) is 35.8 Å². The molecule has 2 N–H and O–H groups in total. The summed E-state index contributed by atoms with van der Waals surface area (Å²) in [6.45, 7) is 8.30. The van der Waals surface area contributed by atoms with Crippen LogP contribution in [0.4, 0.5) is 26.5 Å². The van der Waals surface area contributed by atoms with E-state index >= 15 is 4.39 Å². The number of rotatable bonds is 10. The zero-order chi connectivity index (χ0) is 31.6. The molecule has 0 aliphatic carbocycles. The van der Waals surface area contributed by atoms with Gasteiger partial charge in [-0.05, 0) is 63.9 Å². The normalized spacial score (nSPS) is 17.0. The lowest BCUT2D eigenvalue weighted by atomic mass is 10.0. The van der Waals surface area contributed by atoms with E-state index in [9.17, 15) is 9.90 Å². The molecule has 13 heteroatoms. The Labute approximate surface area is 260 Å². The fourth-order valence-electron chi connectivity index (χ4n) is 5.30. The highest BCUT2D eigenvalue weighted by Gasteiger charge is 2.31. The maximum absolute atomic E-state index is 15.1. The molecule has 2 fully saturated rings. The van der Waals surface area contributed by atoms with Gasteiger partial charge in [0.2, 0.25) is 0 Å². The minimum Gasteiger partial charge on any atom is -0.444 e. The molecule has 2 saturated heterocycles. The van der Waals surface area contributed by atoms with E-state index in [1.54, 1.807) is 41.6 Å². The molecule has 5 heterocycles. The molecule has 238 valence electrons. The number of nitrogens with zero attached hydrogens (tertiary/aromatic N) is 6. The Balaban J connectivity index is 1.18. The van der Waals surface area contributed by atoms with Gasteiger partial charge < -0.3 is 34.4 Å². The Morgan fingerprint density at radius 3 is 2.67 bits per heavy atom. The predicted octanol–water partition coefficient (Wildman–Crippen LogP) is 4.77. The van der Waals surface area contributed by atoms with Crippen LogP contribution in [0.3, 0.4) is 0 Å².